The van der Waals surface area contributed by atoms with Gasteiger partial charge in [-0.2, -0.15) is 0 Å². The Kier molecular flexibility index (Phi) is 16.0. The van der Waals surface area contributed by atoms with Crippen molar-refractivity contribution >= 4 is 18.4 Å². The van der Waals surface area contributed by atoms with Crippen LogP contribution in [0.5, 0.6) is 0 Å². The topological polar surface area (TPSA) is 18.5 Å². The van der Waals surface area contributed by atoms with Gasteiger partial charge in [0.2, 0.25) is 0 Å². The van der Waals surface area contributed by atoms with Crippen molar-refractivity contribution in [1.82, 2.24) is 0 Å². The molecule has 0 saturated heterocycles. The SMILES string of the molecule is CCC[CH2][Sn]([C]#CC(C)OCCOCC)([CH2]CCC)[CH2]CCC. The maximum absolute atomic E-state index is 5.79. The van der Waals surface area contributed by atoms with Gasteiger partial charge in [0.05, 0.1) is 0 Å². The Morgan fingerprint density at radius 2 is 1.35 bits per heavy atom. The molecular formula is C20H40O2Sn. The standard InChI is InChI=1S/C8H13O2.3C4H9.Sn/c1-4-8(3)10-7-6-9-5-2;3*1-3-4-2;/h8H,5-7H2,2-3H3;3*1,3-4H2,2H3;. The predicted molar refractivity (Wildman–Crippen MR) is 105 cm³/mol. The van der Waals surface area contributed by atoms with Crippen LogP contribution in [0.1, 0.15) is 73.1 Å². The average Bonchev–Trinajstić information content (AvgIpc) is 2.57. The second kappa shape index (κ2) is 15.8. The van der Waals surface area contributed by atoms with Crippen LogP contribution in [0.3, 0.4) is 0 Å². The van der Waals surface area contributed by atoms with E-state index < -0.39 is 18.4 Å². The van der Waals surface area contributed by atoms with E-state index in [1.165, 1.54) is 51.8 Å². The van der Waals surface area contributed by atoms with Gasteiger partial charge in [0, 0.05) is 0 Å². The van der Waals surface area contributed by atoms with Crippen molar-refractivity contribution in [1.29, 1.82) is 0 Å². The van der Waals surface area contributed by atoms with Crippen LogP contribution in [0.2, 0.25) is 13.3 Å². The molecule has 1 unspecified atom stereocenters. The van der Waals surface area contributed by atoms with Crippen LogP contribution in [0.15, 0.2) is 0 Å². The van der Waals surface area contributed by atoms with E-state index >= 15 is 0 Å². The second-order valence-corrected chi connectivity index (χ2v) is 18.9. The fourth-order valence-electron chi connectivity index (χ4n) is 2.83. The number of unbranched alkanes of at least 4 members (excludes halogenated alkanes) is 3. The number of rotatable bonds is 14. The van der Waals surface area contributed by atoms with Crippen LogP contribution < -0.4 is 0 Å². The number of ether oxygens (including phenoxy) is 2. The summed E-state index contributed by atoms with van der Waals surface area (Å²) in [5.41, 5.74) is 0. The molecule has 0 aliphatic heterocycles. The summed E-state index contributed by atoms with van der Waals surface area (Å²) in [5, 5.41) is 0. The minimum absolute atomic E-state index is 0.0522. The van der Waals surface area contributed by atoms with Crippen LogP contribution >= 0.6 is 0 Å². The van der Waals surface area contributed by atoms with Gasteiger partial charge < -0.3 is 0 Å². The molecule has 0 spiro atoms. The van der Waals surface area contributed by atoms with Gasteiger partial charge in [0.25, 0.3) is 0 Å². The molecule has 0 saturated carbocycles. The van der Waals surface area contributed by atoms with E-state index in [2.05, 4.69) is 37.6 Å². The summed E-state index contributed by atoms with van der Waals surface area (Å²) in [6, 6.07) is 0. The van der Waals surface area contributed by atoms with Gasteiger partial charge in [0.1, 0.15) is 0 Å². The molecule has 0 radical (unpaired) electrons. The molecule has 0 aromatic heterocycles. The summed E-state index contributed by atoms with van der Waals surface area (Å²) in [5.74, 6) is 3.49. The molecular weight excluding hydrogens is 391 g/mol. The fourth-order valence-corrected chi connectivity index (χ4v) is 16.3. The molecule has 0 N–H and O–H groups in total. The van der Waals surface area contributed by atoms with Gasteiger partial charge in [-0.15, -0.1) is 0 Å². The van der Waals surface area contributed by atoms with Gasteiger partial charge in [-0.25, -0.2) is 0 Å². The summed E-state index contributed by atoms with van der Waals surface area (Å²) >= 11 is -2.30. The first-order valence-electron chi connectivity index (χ1n) is 9.86. The first-order valence-corrected chi connectivity index (χ1v) is 17.3. The van der Waals surface area contributed by atoms with Crippen molar-refractivity contribution < 1.29 is 9.47 Å². The fraction of sp³-hybridized carbons (Fsp3) is 0.900. The maximum atomic E-state index is 5.79. The minimum atomic E-state index is -2.30. The summed E-state index contributed by atoms with van der Waals surface area (Å²) in [6.07, 6.45) is 8.08. The van der Waals surface area contributed by atoms with E-state index in [-0.39, 0.29) is 6.10 Å². The molecule has 0 bridgehead atoms. The zero-order valence-electron chi connectivity index (χ0n) is 16.4. The Labute approximate surface area is 150 Å². The van der Waals surface area contributed by atoms with E-state index in [9.17, 15) is 0 Å². The quantitative estimate of drug-likeness (QED) is 0.196. The molecule has 0 fully saturated rings. The molecule has 1 atom stereocenters. The van der Waals surface area contributed by atoms with E-state index in [4.69, 9.17) is 9.47 Å². The Morgan fingerprint density at radius 1 is 0.826 bits per heavy atom. The summed E-state index contributed by atoms with van der Waals surface area (Å²) in [4.78, 5) is 0. The Morgan fingerprint density at radius 3 is 1.78 bits per heavy atom. The van der Waals surface area contributed by atoms with E-state index in [1.807, 2.05) is 6.92 Å². The van der Waals surface area contributed by atoms with Gasteiger partial charge >= 0.3 is 150 Å². The Balaban J connectivity index is 4.76. The molecule has 2 nitrogen and oxygen atoms in total. The molecule has 0 aromatic carbocycles. The molecule has 3 heteroatoms. The normalized spacial score (nSPS) is 12.7. The van der Waals surface area contributed by atoms with Crippen molar-refractivity contribution in [3.8, 4) is 9.86 Å². The van der Waals surface area contributed by atoms with Gasteiger partial charge in [0.15, 0.2) is 0 Å². The third-order valence-electron chi connectivity index (χ3n) is 4.37. The molecule has 23 heavy (non-hydrogen) atoms. The molecule has 0 aliphatic carbocycles. The third kappa shape index (κ3) is 12.3. The van der Waals surface area contributed by atoms with E-state index in [1.54, 1.807) is 0 Å². The predicted octanol–water partition coefficient (Wildman–Crippen LogP) is 5.82. The zero-order valence-corrected chi connectivity index (χ0v) is 19.2. The van der Waals surface area contributed by atoms with Crippen molar-refractivity contribution in [2.45, 2.75) is 92.6 Å². The van der Waals surface area contributed by atoms with E-state index in [0.29, 0.717) is 13.2 Å². The molecule has 136 valence electrons. The number of hydrogen-bond donors (Lipinski definition) is 0. The summed E-state index contributed by atoms with van der Waals surface area (Å²) in [6.45, 7) is 13.1. The van der Waals surface area contributed by atoms with Crippen LogP contribution in [-0.2, 0) is 9.47 Å². The first kappa shape index (κ1) is 23.3. The van der Waals surface area contributed by atoms with Crippen LogP contribution in [0.4, 0.5) is 0 Å². The molecule has 0 aromatic rings. The van der Waals surface area contributed by atoms with Crippen molar-refractivity contribution in [3.05, 3.63) is 0 Å². The van der Waals surface area contributed by atoms with E-state index in [0.717, 1.165) is 6.61 Å². The second-order valence-electron chi connectivity index (χ2n) is 6.57. The average molecular weight is 431 g/mol. The molecule has 0 heterocycles. The first-order chi connectivity index (χ1) is 11.1. The monoisotopic (exact) mass is 432 g/mol. The summed E-state index contributed by atoms with van der Waals surface area (Å²) in [7, 11) is 0. The Bertz CT molecular complexity index is 298. The number of hydrogen-bond acceptors (Lipinski definition) is 2. The van der Waals surface area contributed by atoms with Crippen molar-refractivity contribution in [2.75, 3.05) is 19.8 Å². The third-order valence-corrected chi connectivity index (χ3v) is 17.5. The van der Waals surface area contributed by atoms with Crippen LogP contribution in [0, 0.1) is 9.86 Å². The van der Waals surface area contributed by atoms with Gasteiger partial charge in [-0.3, -0.25) is 0 Å². The van der Waals surface area contributed by atoms with Gasteiger partial charge in [-0.1, -0.05) is 0 Å². The Hall–Kier alpha value is 0.279. The van der Waals surface area contributed by atoms with Crippen molar-refractivity contribution in [2.24, 2.45) is 0 Å². The molecule has 0 aliphatic rings. The van der Waals surface area contributed by atoms with Crippen LogP contribution in [-0.4, -0.2) is 44.3 Å². The molecule has 0 amide bonds. The molecule has 0 rings (SSSR count). The summed E-state index contributed by atoms with van der Waals surface area (Å²) < 4.78 is 19.3. The van der Waals surface area contributed by atoms with Gasteiger partial charge in [-0.05, 0) is 0 Å². The van der Waals surface area contributed by atoms with Crippen LogP contribution in [0.25, 0.3) is 0 Å². The zero-order chi connectivity index (χ0) is 17.4. The van der Waals surface area contributed by atoms with Crippen molar-refractivity contribution in [3.63, 3.8) is 0 Å².